The van der Waals surface area contributed by atoms with Gasteiger partial charge in [0.15, 0.2) is 0 Å². The first-order chi connectivity index (χ1) is 8.99. The van der Waals surface area contributed by atoms with Gasteiger partial charge in [-0.15, -0.1) is 0 Å². The second-order valence-corrected chi connectivity index (χ2v) is 4.77. The SMILES string of the molecule is CN(C)CCNC(=O)CC(=O)Nc1ccccc1Cl. The van der Waals surface area contributed by atoms with Crippen LogP contribution in [-0.4, -0.2) is 43.9 Å². The normalized spacial score (nSPS) is 10.3. The molecular weight excluding hydrogens is 266 g/mol. The summed E-state index contributed by atoms with van der Waals surface area (Å²) in [5, 5.41) is 5.72. The second-order valence-electron chi connectivity index (χ2n) is 4.36. The fraction of sp³-hybridized carbons (Fsp3) is 0.385. The van der Waals surface area contributed by atoms with E-state index < -0.39 is 0 Å². The summed E-state index contributed by atoms with van der Waals surface area (Å²) in [6.07, 6.45) is -0.210. The van der Waals surface area contributed by atoms with E-state index in [-0.39, 0.29) is 18.2 Å². The maximum absolute atomic E-state index is 11.6. The summed E-state index contributed by atoms with van der Waals surface area (Å²) in [5.41, 5.74) is 0.509. The lowest BCUT2D eigenvalue weighted by molar-refractivity contribution is -0.126. The lowest BCUT2D eigenvalue weighted by atomic mass is 10.3. The molecule has 1 aromatic rings. The third-order valence-corrected chi connectivity index (χ3v) is 2.68. The maximum atomic E-state index is 11.6. The number of carbonyl (C=O) groups is 2. The molecule has 0 saturated heterocycles. The van der Waals surface area contributed by atoms with Crippen molar-refractivity contribution in [2.75, 3.05) is 32.5 Å². The minimum atomic E-state index is -0.379. The van der Waals surface area contributed by atoms with Crippen LogP contribution in [0.5, 0.6) is 0 Å². The number of hydrogen-bond donors (Lipinski definition) is 2. The van der Waals surface area contributed by atoms with Gasteiger partial charge >= 0.3 is 0 Å². The molecule has 0 fully saturated rings. The molecule has 0 bridgehead atoms. The van der Waals surface area contributed by atoms with Gasteiger partial charge in [0.1, 0.15) is 6.42 Å². The van der Waals surface area contributed by atoms with E-state index in [0.717, 1.165) is 6.54 Å². The van der Waals surface area contributed by atoms with Gasteiger partial charge in [-0.25, -0.2) is 0 Å². The van der Waals surface area contributed by atoms with Crippen molar-refractivity contribution in [3.8, 4) is 0 Å². The molecule has 0 aliphatic rings. The van der Waals surface area contributed by atoms with Crippen molar-refractivity contribution >= 4 is 29.1 Å². The molecule has 0 heterocycles. The molecule has 0 spiro atoms. The monoisotopic (exact) mass is 283 g/mol. The van der Waals surface area contributed by atoms with Crippen LogP contribution in [0.15, 0.2) is 24.3 Å². The molecule has 104 valence electrons. The largest absolute Gasteiger partial charge is 0.354 e. The smallest absolute Gasteiger partial charge is 0.233 e. The highest BCUT2D eigenvalue weighted by molar-refractivity contribution is 6.33. The average molecular weight is 284 g/mol. The Kier molecular flexibility index (Phi) is 6.32. The summed E-state index contributed by atoms with van der Waals surface area (Å²) in [6.45, 7) is 1.25. The molecule has 6 heteroatoms. The molecular formula is C13H18ClN3O2. The van der Waals surface area contributed by atoms with E-state index in [1.54, 1.807) is 24.3 Å². The van der Waals surface area contributed by atoms with Crippen LogP contribution in [-0.2, 0) is 9.59 Å². The van der Waals surface area contributed by atoms with Crippen molar-refractivity contribution in [1.29, 1.82) is 0 Å². The van der Waals surface area contributed by atoms with Crippen molar-refractivity contribution in [3.05, 3.63) is 29.3 Å². The van der Waals surface area contributed by atoms with E-state index in [1.165, 1.54) is 0 Å². The second kappa shape index (κ2) is 7.76. The first-order valence-corrected chi connectivity index (χ1v) is 6.32. The quantitative estimate of drug-likeness (QED) is 0.775. The number of likely N-dealkylation sites (N-methyl/N-ethyl adjacent to an activating group) is 1. The van der Waals surface area contributed by atoms with Crippen LogP contribution in [0, 0.1) is 0 Å². The van der Waals surface area contributed by atoms with Crippen molar-refractivity contribution in [2.45, 2.75) is 6.42 Å². The van der Waals surface area contributed by atoms with Gasteiger partial charge in [0.2, 0.25) is 11.8 Å². The van der Waals surface area contributed by atoms with Gasteiger partial charge in [-0.1, -0.05) is 23.7 Å². The van der Waals surface area contributed by atoms with E-state index >= 15 is 0 Å². The van der Waals surface area contributed by atoms with Gasteiger partial charge in [-0.05, 0) is 26.2 Å². The Bertz CT molecular complexity index is 449. The highest BCUT2D eigenvalue weighted by Crippen LogP contribution is 2.20. The van der Waals surface area contributed by atoms with Crippen LogP contribution < -0.4 is 10.6 Å². The van der Waals surface area contributed by atoms with Crippen molar-refractivity contribution in [1.82, 2.24) is 10.2 Å². The van der Waals surface area contributed by atoms with Crippen molar-refractivity contribution < 1.29 is 9.59 Å². The minimum absolute atomic E-state index is 0.210. The molecule has 0 saturated carbocycles. The third-order valence-electron chi connectivity index (χ3n) is 2.35. The predicted molar refractivity (Wildman–Crippen MR) is 76.3 cm³/mol. The van der Waals surface area contributed by atoms with Gasteiger partial charge in [0.05, 0.1) is 10.7 Å². The summed E-state index contributed by atoms with van der Waals surface area (Å²) in [6, 6.07) is 6.89. The molecule has 2 N–H and O–H groups in total. The molecule has 0 radical (unpaired) electrons. The summed E-state index contributed by atoms with van der Waals surface area (Å²) in [5.74, 6) is -0.679. The Morgan fingerprint density at radius 2 is 1.89 bits per heavy atom. The topological polar surface area (TPSA) is 61.4 Å². The van der Waals surface area contributed by atoms with Crippen LogP contribution in [0.1, 0.15) is 6.42 Å². The van der Waals surface area contributed by atoms with E-state index in [0.29, 0.717) is 17.3 Å². The van der Waals surface area contributed by atoms with Crippen LogP contribution in [0.2, 0.25) is 5.02 Å². The number of anilines is 1. The molecule has 2 amide bonds. The number of para-hydroxylation sites is 1. The van der Waals surface area contributed by atoms with Gasteiger partial charge < -0.3 is 15.5 Å². The first-order valence-electron chi connectivity index (χ1n) is 5.95. The molecule has 0 unspecified atom stereocenters. The lowest BCUT2D eigenvalue weighted by Crippen LogP contribution is -2.33. The minimum Gasteiger partial charge on any atom is -0.354 e. The standard InChI is InChI=1S/C13H18ClN3O2/c1-17(2)8-7-15-12(18)9-13(19)16-11-6-4-3-5-10(11)14/h3-6H,7-9H2,1-2H3,(H,15,18)(H,16,19). The van der Waals surface area contributed by atoms with Crippen LogP contribution >= 0.6 is 11.6 Å². The highest BCUT2D eigenvalue weighted by atomic mass is 35.5. The van der Waals surface area contributed by atoms with Crippen LogP contribution in [0.3, 0.4) is 0 Å². The zero-order valence-electron chi connectivity index (χ0n) is 11.1. The number of rotatable bonds is 6. The molecule has 1 rings (SSSR count). The van der Waals surface area contributed by atoms with Crippen molar-refractivity contribution in [2.24, 2.45) is 0 Å². The van der Waals surface area contributed by atoms with Gasteiger partial charge in [-0.2, -0.15) is 0 Å². The summed E-state index contributed by atoms with van der Waals surface area (Å²) >= 11 is 5.90. The highest BCUT2D eigenvalue weighted by Gasteiger charge is 2.10. The van der Waals surface area contributed by atoms with E-state index in [4.69, 9.17) is 11.6 Å². The van der Waals surface area contributed by atoms with Gasteiger partial charge in [0.25, 0.3) is 0 Å². The Morgan fingerprint density at radius 1 is 1.21 bits per heavy atom. The molecule has 19 heavy (non-hydrogen) atoms. The fourth-order valence-electron chi connectivity index (χ4n) is 1.38. The molecule has 1 aromatic carbocycles. The lowest BCUT2D eigenvalue weighted by Gasteiger charge is -2.10. The molecule has 5 nitrogen and oxygen atoms in total. The zero-order chi connectivity index (χ0) is 14.3. The maximum Gasteiger partial charge on any atom is 0.233 e. The van der Waals surface area contributed by atoms with E-state index in [2.05, 4.69) is 10.6 Å². The number of benzene rings is 1. The van der Waals surface area contributed by atoms with Gasteiger partial charge in [-0.3, -0.25) is 9.59 Å². The van der Waals surface area contributed by atoms with E-state index in [9.17, 15) is 9.59 Å². The zero-order valence-corrected chi connectivity index (χ0v) is 11.8. The third kappa shape index (κ3) is 6.22. The molecule has 0 aliphatic carbocycles. The van der Waals surface area contributed by atoms with E-state index in [1.807, 2.05) is 19.0 Å². The summed E-state index contributed by atoms with van der Waals surface area (Å²) in [7, 11) is 3.83. The Morgan fingerprint density at radius 3 is 2.53 bits per heavy atom. The van der Waals surface area contributed by atoms with Gasteiger partial charge in [0, 0.05) is 13.1 Å². The number of amides is 2. The molecule has 0 aromatic heterocycles. The number of nitrogens with one attached hydrogen (secondary N) is 2. The molecule has 0 atom stereocenters. The van der Waals surface area contributed by atoms with Crippen LogP contribution in [0.25, 0.3) is 0 Å². The van der Waals surface area contributed by atoms with Crippen LogP contribution in [0.4, 0.5) is 5.69 Å². The average Bonchev–Trinajstić information content (AvgIpc) is 2.31. The Labute approximate surface area is 117 Å². The number of nitrogens with zero attached hydrogens (tertiary/aromatic N) is 1. The number of halogens is 1. The first kappa shape index (κ1) is 15.5. The summed E-state index contributed by atoms with van der Waals surface area (Å²) < 4.78 is 0. The predicted octanol–water partition coefficient (Wildman–Crippen LogP) is 1.35. The number of carbonyl (C=O) groups excluding carboxylic acids is 2. The Balaban J connectivity index is 2.35. The Hall–Kier alpha value is -1.59. The molecule has 0 aliphatic heterocycles. The fourth-order valence-corrected chi connectivity index (χ4v) is 1.57. The van der Waals surface area contributed by atoms with Crippen molar-refractivity contribution in [3.63, 3.8) is 0 Å². The number of hydrogen-bond acceptors (Lipinski definition) is 3. The summed E-state index contributed by atoms with van der Waals surface area (Å²) in [4.78, 5) is 25.1.